The van der Waals surface area contributed by atoms with E-state index in [1.54, 1.807) is 23.5 Å². The SMILES string of the molecule is CSc1ccccc1C(O)Cc1c(C)nn(C)c1Cl. The number of benzene rings is 1. The van der Waals surface area contributed by atoms with Gasteiger partial charge in [0, 0.05) is 23.9 Å². The van der Waals surface area contributed by atoms with Crippen LogP contribution < -0.4 is 0 Å². The number of rotatable bonds is 4. The molecule has 0 radical (unpaired) electrons. The van der Waals surface area contributed by atoms with E-state index in [-0.39, 0.29) is 0 Å². The number of aliphatic hydroxyl groups excluding tert-OH is 1. The van der Waals surface area contributed by atoms with E-state index in [2.05, 4.69) is 5.10 Å². The van der Waals surface area contributed by atoms with Crippen molar-refractivity contribution in [1.82, 2.24) is 9.78 Å². The summed E-state index contributed by atoms with van der Waals surface area (Å²) in [4.78, 5) is 1.09. The molecular weight excluding hydrogens is 280 g/mol. The molecule has 0 aliphatic heterocycles. The van der Waals surface area contributed by atoms with Gasteiger partial charge in [-0.3, -0.25) is 4.68 Å². The van der Waals surface area contributed by atoms with E-state index in [9.17, 15) is 5.11 Å². The van der Waals surface area contributed by atoms with Crippen LogP contribution in [0.2, 0.25) is 5.15 Å². The Balaban J connectivity index is 2.28. The molecule has 2 rings (SSSR count). The van der Waals surface area contributed by atoms with Gasteiger partial charge in [0.15, 0.2) is 0 Å². The molecule has 0 saturated carbocycles. The Labute approximate surface area is 122 Å². The average Bonchev–Trinajstić information content (AvgIpc) is 2.65. The molecule has 1 unspecified atom stereocenters. The number of thioether (sulfide) groups is 1. The van der Waals surface area contributed by atoms with Crippen LogP contribution in [-0.4, -0.2) is 21.1 Å². The molecule has 5 heteroatoms. The van der Waals surface area contributed by atoms with Crippen molar-refractivity contribution in [3.8, 4) is 0 Å². The van der Waals surface area contributed by atoms with Crippen molar-refractivity contribution in [2.75, 3.05) is 6.26 Å². The maximum Gasteiger partial charge on any atom is 0.130 e. The third-order valence-electron chi connectivity index (χ3n) is 3.17. The third-order valence-corrected chi connectivity index (χ3v) is 4.45. The quantitative estimate of drug-likeness (QED) is 0.879. The second-order valence-electron chi connectivity index (χ2n) is 4.44. The Bertz CT molecular complexity index is 583. The molecular formula is C14H17ClN2OS. The number of aryl methyl sites for hydroxylation is 2. The minimum Gasteiger partial charge on any atom is -0.388 e. The summed E-state index contributed by atoms with van der Waals surface area (Å²) in [5.41, 5.74) is 2.72. The van der Waals surface area contributed by atoms with Gasteiger partial charge in [0.2, 0.25) is 0 Å². The van der Waals surface area contributed by atoms with Crippen molar-refractivity contribution >= 4 is 23.4 Å². The highest BCUT2D eigenvalue weighted by molar-refractivity contribution is 7.98. The second-order valence-corrected chi connectivity index (χ2v) is 5.65. The van der Waals surface area contributed by atoms with Gasteiger partial charge < -0.3 is 5.11 Å². The maximum atomic E-state index is 10.4. The number of aliphatic hydroxyl groups is 1. The number of nitrogens with zero attached hydrogens (tertiary/aromatic N) is 2. The van der Waals surface area contributed by atoms with Crippen LogP contribution in [0.25, 0.3) is 0 Å². The van der Waals surface area contributed by atoms with Gasteiger partial charge in [-0.1, -0.05) is 29.8 Å². The smallest absolute Gasteiger partial charge is 0.130 e. The van der Waals surface area contributed by atoms with E-state index >= 15 is 0 Å². The maximum absolute atomic E-state index is 10.4. The van der Waals surface area contributed by atoms with Gasteiger partial charge >= 0.3 is 0 Å². The van der Waals surface area contributed by atoms with E-state index in [0.717, 1.165) is 21.7 Å². The molecule has 19 heavy (non-hydrogen) atoms. The van der Waals surface area contributed by atoms with Crippen molar-refractivity contribution in [1.29, 1.82) is 0 Å². The Hall–Kier alpha value is -0.970. The van der Waals surface area contributed by atoms with Crippen molar-refractivity contribution in [2.24, 2.45) is 7.05 Å². The van der Waals surface area contributed by atoms with E-state index in [0.29, 0.717) is 11.6 Å². The summed E-state index contributed by atoms with van der Waals surface area (Å²) in [7, 11) is 1.81. The molecule has 0 fully saturated rings. The molecule has 0 amide bonds. The van der Waals surface area contributed by atoms with Gasteiger partial charge in [-0.05, 0) is 24.8 Å². The van der Waals surface area contributed by atoms with Gasteiger partial charge in [-0.2, -0.15) is 5.10 Å². The van der Waals surface area contributed by atoms with Crippen LogP contribution in [0.15, 0.2) is 29.2 Å². The van der Waals surface area contributed by atoms with Gasteiger partial charge in [0.25, 0.3) is 0 Å². The molecule has 3 nitrogen and oxygen atoms in total. The largest absolute Gasteiger partial charge is 0.388 e. The zero-order chi connectivity index (χ0) is 14.0. The molecule has 0 aliphatic carbocycles. The van der Waals surface area contributed by atoms with E-state index in [1.165, 1.54) is 0 Å². The highest BCUT2D eigenvalue weighted by Gasteiger charge is 2.18. The average molecular weight is 297 g/mol. The molecule has 1 heterocycles. The Morgan fingerprint density at radius 3 is 2.68 bits per heavy atom. The fourth-order valence-electron chi connectivity index (χ4n) is 2.15. The van der Waals surface area contributed by atoms with Gasteiger partial charge in [0.1, 0.15) is 5.15 Å². The molecule has 1 atom stereocenters. The first kappa shape index (κ1) is 14.4. The highest BCUT2D eigenvalue weighted by atomic mass is 35.5. The lowest BCUT2D eigenvalue weighted by Gasteiger charge is -2.14. The normalized spacial score (nSPS) is 12.7. The Morgan fingerprint density at radius 2 is 2.11 bits per heavy atom. The minimum atomic E-state index is -0.566. The molecule has 2 aromatic rings. The monoisotopic (exact) mass is 296 g/mol. The topological polar surface area (TPSA) is 38.1 Å². The van der Waals surface area contributed by atoms with Crippen molar-refractivity contribution in [2.45, 2.75) is 24.3 Å². The number of halogens is 1. The van der Waals surface area contributed by atoms with Crippen LogP contribution in [0.4, 0.5) is 0 Å². The summed E-state index contributed by atoms with van der Waals surface area (Å²) in [6, 6.07) is 7.89. The fourth-order valence-corrected chi connectivity index (χ4v) is 3.06. The van der Waals surface area contributed by atoms with E-state index in [1.807, 2.05) is 37.4 Å². The molecule has 1 aromatic carbocycles. The lowest BCUT2D eigenvalue weighted by atomic mass is 10.0. The van der Waals surface area contributed by atoms with Gasteiger partial charge in [-0.25, -0.2) is 0 Å². The van der Waals surface area contributed by atoms with Crippen LogP contribution in [0, 0.1) is 6.92 Å². The molecule has 1 N–H and O–H groups in total. The summed E-state index contributed by atoms with van der Waals surface area (Å²) in [6.45, 7) is 1.91. The van der Waals surface area contributed by atoms with Crippen LogP contribution in [0.5, 0.6) is 0 Å². The van der Waals surface area contributed by atoms with Gasteiger partial charge in [0.05, 0.1) is 11.8 Å². The summed E-state index contributed by atoms with van der Waals surface area (Å²) in [6.07, 6.45) is 1.92. The standard InChI is InChI=1S/C14H17ClN2OS/c1-9-11(14(15)17(2)16-9)8-12(18)10-6-4-5-7-13(10)19-3/h4-7,12,18H,8H2,1-3H3. The number of hydrogen-bond donors (Lipinski definition) is 1. The first-order chi connectivity index (χ1) is 9.04. The fraction of sp³-hybridized carbons (Fsp3) is 0.357. The van der Waals surface area contributed by atoms with Crippen LogP contribution in [0.1, 0.15) is 22.9 Å². The third kappa shape index (κ3) is 2.96. The Morgan fingerprint density at radius 1 is 1.42 bits per heavy atom. The zero-order valence-electron chi connectivity index (χ0n) is 11.2. The molecule has 102 valence electrons. The predicted octanol–water partition coefficient (Wildman–Crippen LogP) is 3.38. The van der Waals surface area contributed by atoms with Crippen molar-refractivity contribution in [3.63, 3.8) is 0 Å². The summed E-state index contributed by atoms with van der Waals surface area (Å²) in [5.74, 6) is 0. The van der Waals surface area contributed by atoms with E-state index < -0.39 is 6.10 Å². The lowest BCUT2D eigenvalue weighted by molar-refractivity contribution is 0.175. The zero-order valence-corrected chi connectivity index (χ0v) is 12.8. The van der Waals surface area contributed by atoms with Crippen LogP contribution in [0.3, 0.4) is 0 Å². The van der Waals surface area contributed by atoms with Crippen molar-refractivity contribution in [3.05, 3.63) is 46.2 Å². The van der Waals surface area contributed by atoms with Gasteiger partial charge in [-0.15, -0.1) is 11.8 Å². The molecule has 0 spiro atoms. The number of aromatic nitrogens is 2. The minimum absolute atomic E-state index is 0.482. The first-order valence-corrected chi connectivity index (χ1v) is 7.63. The summed E-state index contributed by atoms with van der Waals surface area (Å²) in [5, 5.41) is 15.3. The molecule has 0 aliphatic rings. The van der Waals surface area contributed by atoms with E-state index in [4.69, 9.17) is 11.6 Å². The van der Waals surface area contributed by atoms with Crippen LogP contribution >= 0.6 is 23.4 Å². The summed E-state index contributed by atoms with van der Waals surface area (Å²) < 4.78 is 1.64. The second kappa shape index (κ2) is 5.99. The van der Waals surface area contributed by atoms with Crippen LogP contribution in [-0.2, 0) is 13.5 Å². The molecule has 0 saturated heterocycles. The first-order valence-electron chi connectivity index (χ1n) is 6.03. The lowest BCUT2D eigenvalue weighted by Crippen LogP contribution is -2.04. The summed E-state index contributed by atoms with van der Waals surface area (Å²) >= 11 is 7.84. The molecule has 0 bridgehead atoms. The predicted molar refractivity (Wildman–Crippen MR) is 79.8 cm³/mol. The highest BCUT2D eigenvalue weighted by Crippen LogP contribution is 2.30. The number of hydrogen-bond acceptors (Lipinski definition) is 3. The Kier molecular flexibility index (Phi) is 4.55. The van der Waals surface area contributed by atoms with Crippen molar-refractivity contribution < 1.29 is 5.11 Å². The molecule has 1 aromatic heterocycles.